The Morgan fingerprint density at radius 2 is 1.52 bits per heavy atom. The van der Waals surface area contributed by atoms with Crippen molar-refractivity contribution >= 4 is 11.8 Å². The Morgan fingerprint density at radius 1 is 0.806 bits per heavy atom. The topological polar surface area (TPSA) is 43.9 Å². The first-order chi connectivity index (χ1) is 15.2. The first-order valence-electron chi connectivity index (χ1n) is 12.6. The molecule has 1 atom stereocenters. The van der Waals surface area contributed by atoms with Crippen LogP contribution in [-0.4, -0.2) is 71.8 Å². The molecule has 3 aliphatic rings. The molecule has 1 aromatic carbocycles. The van der Waals surface area contributed by atoms with E-state index in [0.717, 1.165) is 58.3 Å². The van der Waals surface area contributed by atoms with Crippen LogP contribution < -0.4 is 0 Å². The third-order valence-electron chi connectivity index (χ3n) is 7.50. The quantitative estimate of drug-likeness (QED) is 0.698. The van der Waals surface area contributed by atoms with E-state index in [4.69, 9.17) is 0 Å². The van der Waals surface area contributed by atoms with Gasteiger partial charge >= 0.3 is 0 Å². The largest absolute Gasteiger partial charge is 0.343 e. The summed E-state index contributed by atoms with van der Waals surface area (Å²) in [5.41, 5.74) is 1.21. The second-order valence-electron chi connectivity index (χ2n) is 9.68. The van der Waals surface area contributed by atoms with Gasteiger partial charge in [-0.15, -0.1) is 0 Å². The molecule has 3 aliphatic heterocycles. The fourth-order valence-electron chi connectivity index (χ4n) is 5.60. The molecule has 5 heteroatoms. The summed E-state index contributed by atoms with van der Waals surface area (Å²) in [6, 6.07) is 10.6. The molecule has 5 nitrogen and oxygen atoms in total. The summed E-state index contributed by atoms with van der Waals surface area (Å²) >= 11 is 0. The van der Waals surface area contributed by atoms with Gasteiger partial charge in [-0.05, 0) is 63.6 Å². The van der Waals surface area contributed by atoms with Crippen molar-refractivity contribution in [2.75, 3.05) is 39.3 Å². The third-order valence-corrected chi connectivity index (χ3v) is 7.50. The molecule has 170 valence electrons. The van der Waals surface area contributed by atoms with Gasteiger partial charge in [0.05, 0.1) is 0 Å². The van der Waals surface area contributed by atoms with Crippen LogP contribution in [-0.2, 0) is 16.0 Å². The summed E-state index contributed by atoms with van der Waals surface area (Å²) in [7, 11) is 0. The number of carbonyl (C=O) groups excluding carboxylic acids is 2. The maximum Gasteiger partial charge on any atom is 0.226 e. The van der Waals surface area contributed by atoms with E-state index < -0.39 is 0 Å². The minimum absolute atomic E-state index is 0.0999. The second kappa shape index (κ2) is 11.1. The number of rotatable bonds is 6. The summed E-state index contributed by atoms with van der Waals surface area (Å²) < 4.78 is 0. The van der Waals surface area contributed by atoms with E-state index in [1.54, 1.807) is 0 Å². The average Bonchev–Trinajstić information content (AvgIpc) is 3.12. The van der Waals surface area contributed by atoms with E-state index in [0.29, 0.717) is 18.4 Å². The number of aryl methyl sites for hydroxylation is 1. The summed E-state index contributed by atoms with van der Waals surface area (Å²) in [4.78, 5) is 32.7. The molecule has 0 radical (unpaired) electrons. The monoisotopic (exact) mass is 425 g/mol. The summed E-state index contributed by atoms with van der Waals surface area (Å²) in [5, 5.41) is 0. The molecule has 2 amide bonds. The molecule has 0 aliphatic carbocycles. The molecule has 1 aromatic rings. The fourth-order valence-corrected chi connectivity index (χ4v) is 5.60. The molecule has 0 aromatic heterocycles. The minimum Gasteiger partial charge on any atom is -0.343 e. The number of nitrogens with zero attached hydrogens (tertiary/aromatic N) is 3. The van der Waals surface area contributed by atoms with Crippen LogP contribution in [0.25, 0.3) is 0 Å². The van der Waals surface area contributed by atoms with Crippen molar-refractivity contribution in [3.05, 3.63) is 35.9 Å². The van der Waals surface area contributed by atoms with E-state index in [2.05, 4.69) is 21.9 Å². The van der Waals surface area contributed by atoms with Gasteiger partial charge in [-0.3, -0.25) is 9.59 Å². The number of hydrogen-bond acceptors (Lipinski definition) is 3. The summed E-state index contributed by atoms with van der Waals surface area (Å²) in [6.45, 7) is 5.84. The lowest BCUT2D eigenvalue weighted by Crippen LogP contribution is -2.48. The fraction of sp³-hybridized carbons (Fsp3) is 0.692. The molecular weight excluding hydrogens is 386 g/mol. The molecule has 0 bridgehead atoms. The van der Waals surface area contributed by atoms with E-state index in [9.17, 15) is 9.59 Å². The average molecular weight is 426 g/mol. The zero-order valence-corrected chi connectivity index (χ0v) is 19.0. The van der Waals surface area contributed by atoms with Crippen molar-refractivity contribution < 1.29 is 9.59 Å². The van der Waals surface area contributed by atoms with Gasteiger partial charge in [0, 0.05) is 44.6 Å². The molecule has 0 N–H and O–H groups in total. The normalized spacial score (nSPS) is 23.7. The molecule has 3 heterocycles. The number of benzene rings is 1. The van der Waals surface area contributed by atoms with Gasteiger partial charge in [-0.2, -0.15) is 0 Å². The van der Waals surface area contributed by atoms with Crippen LogP contribution in [0.5, 0.6) is 0 Å². The maximum atomic E-state index is 13.3. The third kappa shape index (κ3) is 6.09. The highest BCUT2D eigenvalue weighted by Gasteiger charge is 2.36. The van der Waals surface area contributed by atoms with Gasteiger partial charge in [0.1, 0.15) is 0 Å². The molecule has 0 saturated carbocycles. The van der Waals surface area contributed by atoms with Crippen molar-refractivity contribution in [3.63, 3.8) is 0 Å². The van der Waals surface area contributed by atoms with Crippen molar-refractivity contribution in [2.24, 2.45) is 5.92 Å². The van der Waals surface area contributed by atoms with Crippen molar-refractivity contribution in [1.29, 1.82) is 0 Å². The van der Waals surface area contributed by atoms with Crippen molar-refractivity contribution in [2.45, 2.75) is 70.3 Å². The van der Waals surface area contributed by atoms with Gasteiger partial charge in [0.2, 0.25) is 11.8 Å². The van der Waals surface area contributed by atoms with E-state index in [1.807, 2.05) is 23.1 Å². The van der Waals surface area contributed by atoms with E-state index in [-0.39, 0.29) is 11.8 Å². The van der Waals surface area contributed by atoms with E-state index >= 15 is 0 Å². The predicted octanol–water partition coefficient (Wildman–Crippen LogP) is 3.72. The second-order valence-corrected chi connectivity index (χ2v) is 9.68. The maximum absolute atomic E-state index is 13.3. The number of hydrogen-bond donors (Lipinski definition) is 0. The molecule has 0 spiro atoms. The van der Waals surface area contributed by atoms with Crippen LogP contribution in [0.2, 0.25) is 0 Å². The standard InChI is InChI=1S/C26H39N3O2/c30-25(13-12-22-9-4-3-5-10-22)28-19-14-23(15-20-28)26(31)29-18-8-11-24(29)21-27-16-6-1-2-7-17-27/h3-5,9-10,23-24H,1-2,6-8,11-21H2. The van der Waals surface area contributed by atoms with Crippen LogP contribution in [0, 0.1) is 5.92 Å². The van der Waals surface area contributed by atoms with Gasteiger partial charge in [0.25, 0.3) is 0 Å². The van der Waals surface area contributed by atoms with Crippen LogP contribution in [0.1, 0.15) is 63.4 Å². The first kappa shape index (κ1) is 22.3. The molecule has 3 fully saturated rings. The van der Waals surface area contributed by atoms with Crippen LogP contribution in [0.3, 0.4) is 0 Å². The molecule has 31 heavy (non-hydrogen) atoms. The Bertz CT molecular complexity index is 707. The Hall–Kier alpha value is -1.88. The lowest BCUT2D eigenvalue weighted by atomic mass is 9.94. The Morgan fingerprint density at radius 3 is 2.23 bits per heavy atom. The zero-order valence-electron chi connectivity index (χ0n) is 19.0. The van der Waals surface area contributed by atoms with Crippen molar-refractivity contribution in [1.82, 2.24) is 14.7 Å². The van der Waals surface area contributed by atoms with E-state index in [1.165, 1.54) is 44.3 Å². The molecule has 4 rings (SSSR count). The summed E-state index contributed by atoms with van der Waals surface area (Å²) in [6.07, 6.45) is 10.6. The predicted molar refractivity (Wildman–Crippen MR) is 124 cm³/mol. The van der Waals surface area contributed by atoms with Gasteiger partial charge in [0.15, 0.2) is 0 Å². The highest BCUT2D eigenvalue weighted by atomic mass is 16.2. The number of piperidine rings is 1. The lowest BCUT2D eigenvalue weighted by molar-refractivity contribution is -0.141. The van der Waals surface area contributed by atoms with Gasteiger partial charge in [-0.1, -0.05) is 43.2 Å². The van der Waals surface area contributed by atoms with Crippen LogP contribution >= 0.6 is 0 Å². The Kier molecular flexibility index (Phi) is 8.01. The summed E-state index contributed by atoms with van der Waals surface area (Å²) in [5.74, 6) is 0.687. The van der Waals surface area contributed by atoms with Gasteiger partial charge in [-0.25, -0.2) is 0 Å². The van der Waals surface area contributed by atoms with Crippen LogP contribution in [0.15, 0.2) is 30.3 Å². The van der Waals surface area contributed by atoms with Crippen molar-refractivity contribution in [3.8, 4) is 0 Å². The minimum atomic E-state index is 0.0999. The number of amides is 2. The smallest absolute Gasteiger partial charge is 0.226 e. The SMILES string of the molecule is O=C(CCc1ccccc1)N1CCC(C(=O)N2CCCC2CN2CCCCCC2)CC1. The zero-order chi connectivity index (χ0) is 21.5. The Balaban J connectivity index is 1.23. The highest BCUT2D eigenvalue weighted by molar-refractivity contribution is 5.80. The molecular formula is C26H39N3O2. The number of likely N-dealkylation sites (tertiary alicyclic amines) is 3. The highest BCUT2D eigenvalue weighted by Crippen LogP contribution is 2.27. The lowest BCUT2D eigenvalue weighted by Gasteiger charge is -2.36. The Labute approximate surface area is 187 Å². The molecule has 3 saturated heterocycles. The molecule has 1 unspecified atom stereocenters. The van der Waals surface area contributed by atoms with Gasteiger partial charge < -0.3 is 14.7 Å². The first-order valence-corrected chi connectivity index (χ1v) is 12.6. The number of carbonyl (C=O) groups is 2. The van der Waals surface area contributed by atoms with Crippen LogP contribution in [0.4, 0.5) is 0 Å².